The summed E-state index contributed by atoms with van der Waals surface area (Å²) >= 11 is 0. The molecule has 1 aliphatic heterocycles. The maximum absolute atomic E-state index is 12.4. The van der Waals surface area contributed by atoms with Crippen LogP contribution in [0.5, 0.6) is 5.75 Å². The molecule has 6 nitrogen and oxygen atoms in total. The third-order valence-electron chi connectivity index (χ3n) is 4.09. The van der Waals surface area contributed by atoms with Crippen molar-refractivity contribution in [2.24, 2.45) is 0 Å². The summed E-state index contributed by atoms with van der Waals surface area (Å²) in [5.41, 5.74) is 2.60. The van der Waals surface area contributed by atoms with Gasteiger partial charge in [0, 0.05) is 23.9 Å². The van der Waals surface area contributed by atoms with Gasteiger partial charge in [0.15, 0.2) is 0 Å². The standard InChI is InChI=1S/C18H20N2O4S/c1-13-5-3-6-14(11-13)18(21)19-15-7-8-16(17(12-15)24-2)20-9-4-10-25(20,22)23/h3,5-8,11-12H,4,9-10H2,1-2H3,(H,19,21). The number of benzene rings is 2. The van der Waals surface area contributed by atoms with Gasteiger partial charge in [0.25, 0.3) is 5.91 Å². The second-order valence-electron chi connectivity index (χ2n) is 5.95. The van der Waals surface area contributed by atoms with E-state index in [1.54, 1.807) is 30.3 Å². The maximum atomic E-state index is 12.4. The summed E-state index contributed by atoms with van der Waals surface area (Å²) in [6.07, 6.45) is 0.595. The Labute approximate surface area is 147 Å². The summed E-state index contributed by atoms with van der Waals surface area (Å²) in [7, 11) is -1.81. The van der Waals surface area contributed by atoms with Crippen molar-refractivity contribution >= 4 is 27.3 Å². The van der Waals surface area contributed by atoms with E-state index in [-0.39, 0.29) is 11.7 Å². The predicted molar refractivity (Wildman–Crippen MR) is 97.9 cm³/mol. The highest BCUT2D eigenvalue weighted by Crippen LogP contribution is 2.35. The van der Waals surface area contributed by atoms with Crippen LogP contribution >= 0.6 is 0 Å². The van der Waals surface area contributed by atoms with Gasteiger partial charge < -0.3 is 10.1 Å². The van der Waals surface area contributed by atoms with Gasteiger partial charge in [0.1, 0.15) is 5.75 Å². The molecule has 1 N–H and O–H groups in total. The fourth-order valence-electron chi connectivity index (χ4n) is 2.86. The van der Waals surface area contributed by atoms with Gasteiger partial charge in [0.2, 0.25) is 10.0 Å². The van der Waals surface area contributed by atoms with Crippen LogP contribution in [-0.4, -0.2) is 33.7 Å². The maximum Gasteiger partial charge on any atom is 0.255 e. The molecule has 1 aliphatic rings. The van der Waals surface area contributed by atoms with E-state index in [4.69, 9.17) is 4.74 Å². The number of amides is 1. The van der Waals surface area contributed by atoms with Crippen molar-refractivity contribution < 1.29 is 17.9 Å². The average molecular weight is 360 g/mol. The molecule has 0 saturated carbocycles. The highest BCUT2D eigenvalue weighted by Gasteiger charge is 2.30. The molecule has 0 spiro atoms. The normalized spacial score (nSPS) is 15.8. The zero-order chi connectivity index (χ0) is 18.0. The lowest BCUT2D eigenvalue weighted by Crippen LogP contribution is -2.25. The molecular weight excluding hydrogens is 340 g/mol. The van der Waals surface area contributed by atoms with Crippen molar-refractivity contribution in [2.45, 2.75) is 13.3 Å². The number of carbonyl (C=O) groups excluding carboxylic acids is 1. The Morgan fingerprint density at radius 2 is 2.00 bits per heavy atom. The molecule has 0 aliphatic carbocycles. The van der Waals surface area contributed by atoms with Crippen molar-refractivity contribution in [3.8, 4) is 5.75 Å². The molecule has 1 fully saturated rings. The number of nitrogens with one attached hydrogen (secondary N) is 1. The monoisotopic (exact) mass is 360 g/mol. The molecule has 1 amide bonds. The van der Waals surface area contributed by atoms with E-state index in [2.05, 4.69) is 5.32 Å². The van der Waals surface area contributed by atoms with Crippen LogP contribution in [0.15, 0.2) is 42.5 Å². The van der Waals surface area contributed by atoms with E-state index in [0.29, 0.717) is 35.7 Å². The largest absolute Gasteiger partial charge is 0.494 e. The average Bonchev–Trinajstić information content (AvgIpc) is 2.93. The van der Waals surface area contributed by atoms with Crippen molar-refractivity contribution in [1.29, 1.82) is 0 Å². The molecule has 2 aromatic carbocycles. The van der Waals surface area contributed by atoms with Crippen molar-refractivity contribution in [3.05, 3.63) is 53.6 Å². The Morgan fingerprint density at radius 1 is 1.20 bits per heavy atom. The number of methoxy groups -OCH3 is 1. The molecule has 1 saturated heterocycles. The van der Waals surface area contributed by atoms with E-state index < -0.39 is 10.0 Å². The van der Waals surface area contributed by atoms with Gasteiger partial charge in [-0.25, -0.2) is 8.42 Å². The lowest BCUT2D eigenvalue weighted by atomic mass is 10.1. The topological polar surface area (TPSA) is 75.7 Å². The number of ether oxygens (including phenoxy) is 1. The van der Waals surface area contributed by atoms with Crippen LogP contribution in [0, 0.1) is 6.92 Å². The quantitative estimate of drug-likeness (QED) is 0.910. The number of hydrogen-bond donors (Lipinski definition) is 1. The summed E-state index contributed by atoms with van der Waals surface area (Å²) in [6, 6.07) is 12.3. The third kappa shape index (κ3) is 3.61. The second kappa shape index (κ2) is 6.76. The van der Waals surface area contributed by atoms with Gasteiger partial charge in [-0.1, -0.05) is 17.7 Å². The van der Waals surface area contributed by atoms with E-state index in [9.17, 15) is 13.2 Å². The lowest BCUT2D eigenvalue weighted by molar-refractivity contribution is 0.102. The summed E-state index contributed by atoms with van der Waals surface area (Å²) in [5, 5.41) is 2.81. The minimum atomic E-state index is -3.29. The number of nitrogens with zero attached hydrogens (tertiary/aromatic N) is 1. The number of hydrogen-bond acceptors (Lipinski definition) is 4. The Bertz CT molecular complexity index is 909. The van der Waals surface area contributed by atoms with Crippen LogP contribution in [0.4, 0.5) is 11.4 Å². The van der Waals surface area contributed by atoms with Crippen LogP contribution in [0.3, 0.4) is 0 Å². The van der Waals surface area contributed by atoms with Gasteiger partial charge in [-0.05, 0) is 37.6 Å². The van der Waals surface area contributed by atoms with Gasteiger partial charge in [-0.2, -0.15) is 0 Å². The molecule has 132 valence electrons. The van der Waals surface area contributed by atoms with Crippen molar-refractivity contribution in [1.82, 2.24) is 0 Å². The van der Waals surface area contributed by atoms with Gasteiger partial charge in [0.05, 0.1) is 18.6 Å². The molecule has 25 heavy (non-hydrogen) atoms. The van der Waals surface area contributed by atoms with E-state index in [0.717, 1.165) is 5.56 Å². The fraction of sp³-hybridized carbons (Fsp3) is 0.278. The highest BCUT2D eigenvalue weighted by atomic mass is 32.2. The molecule has 0 radical (unpaired) electrons. The first-order chi connectivity index (χ1) is 11.9. The Morgan fingerprint density at radius 3 is 2.64 bits per heavy atom. The van der Waals surface area contributed by atoms with Crippen LogP contribution in [0.2, 0.25) is 0 Å². The predicted octanol–water partition coefficient (Wildman–Crippen LogP) is 2.80. The first kappa shape index (κ1) is 17.3. The van der Waals surface area contributed by atoms with Gasteiger partial charge >= 0.3 is 0 Å². The smallest absolute Gasteiger partial charge is 0.255 e. The molecule has 3 rings (SSSR count). The minimum absolute atomic E-state index is 0.141. The number of sulfonamides is 1. The third-order valence-corrected chi connectivity index (χ3v) is 5.94. The molecule has 1 heterocycles. The minimum Gasteiger partial charge on any atom is -0.494 e. The zero-order valence-electron chi connectivity index (χ0n) is 14.2. The first-order valence-electron chi connectivity index (χ1n) is 7.97. The summed E-state index contributed by atoms with van der Waals surface area (Å²) < 4.78 is 30.9. The van der Waals surface area contributed by atoms with Crippen LogP contribution in [0.25, 0.3) is 0 Å². The molecule has 0 bridgehead atoms. The highest BCUT2D eigenvalue weighted by molar-refractivity contribution is 7.93. The number of carbonyl (C=O) groups is 1. The van der Waals surface area contributed by atoms with Gasteiger partial charge in [-0.3, -0.25) is 9.10 Å². The molecule has 0 atom stereocenters. The first-order valence-corrected chi connectivity index (χ1v) is 9.58. The van der Waals surface area contributed by atoms with Crippen molar-refractivity contribution in [2.75, 3.05) is 29.0 Å². The summed E-state index contributed by atoms with van der Waals surface area (Å²) in [4.78, 5) is 12.4. The second-order valence-corrected chi connectivity index (χ2v) is 7.96. The Kier molecular flexibility index (Phi) is 4.67. The summed E-state index contributed by atoms with van der Waals surface area (Å²) in [5.74, 6) is 0.321. The Balaban J connectivity index is 1.86. The number of anilines is 2. The molecular formula is C18H20N2O4S. The fourth-order valence-corrected chi connectivity index (χ4v) is 4.43. The number of rotatable bonds is 4. The molecule has 0 aromatic heterocycles. The van der Waals surface area contributed by atoms with Crippen LogP contribution < -0.4 is 14.4 Å². The van der Waals surface area contributed by atoms with Gasteiger partial charge in [-0.15, -0.1) is 0 Å². The molecule has 2 aromatic rings. The van der Waals surface area contributed by atoms with Crippen LogP contribution in [0.1, 0.15) is 22.3 Å². The molecule has 7 heteroatoms. The zero-order valence-corrected chi connectivity index (χ0v) is 15.0. The van der Waals surface area contributed by atoms with Crippen molar-refractivity contribution in [3.63, 3.8) is 0 Å². The lowest BCUT2D eigenvalue weighted by Gasteiger charge is -2.20. The Hall–Kier alpha value is -2.54. The summed E-state index contributed by atoms with van der Waals surface area (Å²) in [6.45, 7) is 2.36. The van der Waals surface area contributed by atoms with E-state index in [1.165, 1.54) is 11.4 Å². The van der Waals surface area contributed by atoms with E-state index >= 15 is 0 Å². The SMILES string of the molecule is COc1cc(NC(=O)c2cccc(C)c2)ccc1N1CCCS1(=O)=O. The van der Waals surface area contributed by atoms with Crippen LogP contribution in [-0.2, 0) is 10.0 Å². The van der Waals surface area contributed by atoms with E-state index in [1.807, 2.05) is 19.1 Å². The molecule has 0 unspecified atom stereocenters. The number of aryl methyl sites for hydroxylation is 1.